The molecule has 2 aromatic rings. The molecule has 0 bridgehead atoms. The fourth-order valence-electron chi connectivity index (χ4n) is 2.76. The number of hydrogen-bond acceptors (Lipinski definition) is 4. The quantitative estimate of drug-likeness (QED) is 0.708. The van der Waals surface area contributed by atoms with Crippen LogP contribution < -0.4 is 0 Å². The van der Waals surface area contributed by atoms with Crippen molar-refractivity contribution < 1.29 is 18.3 Å². The van der Waals surface area contributed by atoms with E-state index in [4.69, 9.17) is 23.2 Å². The van der Waals surface area contributed by atoms with Gasteiger partial charge in [0, 0.05) is 36.2 Å². The van der Waals surface area contributed by atoms with Crippen molar-refractivity contribution in [2.75, 3.05) is 26.2 Å². The smallest absolute Gasteiger partial charge is 0.254 e. The molecular weight excluding hydrogens is 479 g/mol. The number of amides is 1. The van der Waals surface area contributed by atoms with E-state index in [1.165, 1.54) is 33.5 Å². The number of halogens is 3. The number of hydrogen-bond donors (Lipinski definition) is 1. The van der Waals surface area contributed by atoms with Crippen molar-refractivity contribution >= 4 is 55.1 Å². The largest absolute Gasteiger partial charge is 0.505 e. The lowest BCUT2D eigenvalue weighted by molar-refractivity contribution is 0.0698. The molecule has 27 heavy (non-hydrogen) atoms. The van der Waals surface area contributed by atoms with Crippen LogP contribution in [0.2, 0.25) is 10.0 Å². The molecular formula is C17H15BrCl2N2O4S. The standard InChI is InChI=1S/C17H15BrCl2N2O4S/c18-12-1-3-13(4-2-12)27(25,26)22-7-5-21(6-8-22)17(24)11-9-14(19)16(23)15(20)10-11/h1-4,9-10,23H,5-8H2. The first-order valence-corrected chi connectivity index (χ1v) is 10.9. The maximum absolute atomic E-state index is 12.7. The van der Waals surface area contributed by atoms with Gasteiger partial charge in [-0.25, -0.2) is 8.42 Å². The Balaban J connectivity index is 1.71. The molecule has 0 saturated carbocycles. The maximum atomic E-state index is 12.7. The van der Waals surface area contributed by atoms with Gasteiger partial charge in [-0.2, -0.15) is 4.31 Å². The van der Waals surface area contributed by atoms with E-state index in [0.29, 0.717) is 0 Å². The first-order chi connectivity index (χ1) is 12.7. The minimum atomic E-state index is -3.61. The van der Waals surface area contributed by atoms with Crippen LogP contribution >= 0.6 is 39.1 Å². The number of carbonyl (C=O) groups is 1. The van der Waals surface area contributed by atoms with Crippen molar-refractivity contribution in [1.82, 2.24) is 9.21 Å². The van der Waals surface area contributed by atoms with Gasteiger partial charge < -0.3 is 10.0 Å². The third-order valence-corrected chi connectivity index (χ3v) is 7.26. The third-order valence-electron chi connectivity index (χ3n) is 4.24. The first-order valence-electron chi connectivity index (χ1n) is 7.93. The third kappa shape index (κ3) is 4.25. The van der Waals surface area contributed by atoms with Crippen LogP contribution in [0.15, 0.2) is 45.8 Å². The second-order valence-electron chi connectivity index (χ2n) is 5.94. The predicted molar refractivity (Wildman–Crippen MR) is 107 cm³/mol. The molecule has 1 fully saturated rings. The van der Waals surface area contributed by atoms with Crippen LogP contribution in [-0.2, 0) is 10.0 Å². The van der Waals surface area contributed by atoms with Crippen LogP contribution in [0.4, 0.5) is 0 Å². The van der Waals surface area contributed by atoms with E-state index in [1.807, 2.05) is 0 Å². The summed E-state index contributed by atoms with van der Waals surface area (Å²) in [4.78, 5) is 14.4. The summed E-state index contributed by atoms with van der Waals surface area (Å²) in [5, 5.41) is 9.58. The van der Waals surface area contributed by atoms with E-state index in [2.05, 4.69) is 15.9 Å². The van der Waals surface area contributed by atoms with Gasteiger partial charge in [0.05, 0.1) is 14.9 Å². The Labute approximate surface area is 175 Å². The molecule has 0 unspecified atom stereocenters. The Kier molecular flexibility index (Phi) is 6.02. The van der Waals surface area contributed by atoms with Crippen molar-refractivity contribution in [3.8, 4) is 5.75 Å². The second-order valence-corrected chi connectivity index (χ2v) is 9.61. The van der Waals surface area contributed by atoms with E-state index in [-0.39, 0.29) is 58.3 Å². The highest BCUT2D eigenvalue weighted by Crippen LogP contribution is 2.33. The van der Waals surface area contributed by atoms with Crippen LogP contribution in [0.25, 0.3) is 0 Å². The van der Waals surface area contributed by atoms with Gasteiger partial charge >= 0.3 is 0 Å². The van der Waals surface area contributed by atoms with Crippen LogP contribution in [0.1, 0.15) is 10.4 Å². The normalized spacial score (nSPS) is 15.7. The molecule has 2 aromatic carbocycles. The highest BCUT2D eigenvalue weighted by Gasteiger charge is 2.30. The number of phenols is 1. The molecule has 1 heterocycles. The molecule has 1 aliphatic rings. The molecule has 1 N–H and O–H groups in total. The second kappa shape index (κ2) is 7.97. The molecule has 0 atom stereocenters. The molecule has 1 saturated heterocycles. The van der Waals surface area contributed by atoms with Gasteiger partial charge in [0.2, 0.25) is 10.0 Å². The summed E-state index contributed by atoms with van der Waals surface area (Å²) in [6, 6.07) is 9.11. The average Bonchev–Trinajstić information content (AvgIpc) is 2.65. The molecule has 0 radical (unpaired) electrons. The highest BCUT2D eigenvalue weighted by molar-refractivity contribution is 9.10. The molecule has 1 aliphatic heterocycles. The van der Waals surface area contributed by atoms with Crippen LogP contribution in [0.3, 0.4) is 0 Å². The van der Waals surface area contributed by atoms with Crippen molar-refractivity contribution in [2.24, 2.45) is 0 Å². The van der Waals surface area contributed by atoms with E-state index >= 15 is 0 Å². The number of phenolic OH excluding ortho intramolecular Hbond substituents is 1. The first kappa shape index (κ1) is 20.4. The number of sulfonamides is 1. The maximum Gasteiger partial charge on any atom is 0.254 e. The minimum Gasteiger partial charge on any atom is -0.505 e. The molecule has 0 aliphatic carbocycles. The van der Waals surface area contributed by atoms with E-state index in [0.717, 1.165) is 4.47 Å². The number of benzene rings is 2. The van der Waals surface area contributed by atoms with Gasteiger partial charge in [-0.1, -0.05) is 39.1 Å². The SMILES string of the molecule is O=C(c1cc(Cl)c(O)c(Cl)c1)N1CCN(S(=O)(=O)c2ccc(Br)cc2)CC1. The molecule has 144 valence electrons. The lowest BCUT2D eigenvalue weighted by Crippen LogP contribution is -2.50. The van der Waals surface area contributed by atoms with Gasteiger partial charge in [0.15, 0.2) is 5.75 Å². The molecule has 3 rings (SSSR count). The van der Waals surface area contributed by atoms with Gasteiger partial charge in [0.1, 0.15) is 0 Å². The summed E-state index contributed by atoms with van der Waals surface area (Å²) >= 11 is 15.0. The monoisotopic (exact) mass is 492 g/mol. The summed E-state index contributed by atoms with van der Waals surface area (Å²) < 4.78 is 27.6. The summed E-state index contributed by atoms with van der Waals surface area (Å²) in [6.07, 6.45) is 0. The fraction of sp³-hybridized carbons (Fsp3) is 0.235. The van der Waals surface area contributed by atoms with Crippen molar-refractivity contribution in [3.63, 3.8) is 0 Å². The molecule has 10 heteroatoms. The van der Waals surface area contributed by atoms with Gasteiger partial charge in [-0.05, 0) is 36.4 Å². The van der Waals surface area contributed by atoms with E-state index in [9.17, 15) is 18.3 Å². The molecule has 0 spiro atoms. The number of piperazine rings is 1. The summed E-state index contributed by atoms with van der Waals surface area (Å²) in [5.74, 6) is -0.597. The highest BCUT2D eigenvalue weighted by atomic mass is 79.9. The number of carbonyl (C=O) groups excluding carboxylic acids is 1. The molecule has 0 aromatic heterocycles. The Hall–Kier alpha value is -1.32. The Morgan fingerprint density at radius 3 is 2.04 bits per heavy atom. The Morgan fingerprint density at radius 2 is 1.52 bits per heavy atom. The van der Waals surface area contributed by atoms with Gasteiger partial charge in [-0.15, -0.1) is 0 Å². The summed E-state index contributed by atoms with van der Waals surface area (Å²) in [5.41, 5.74) is 0.243. The average molecular weight is 494 g/mol. The number of nitrogens with zero attached hydrogens (tertiary/aromatic N) is 2. The Morgan fingerprint density at radius 1 is 1.00 bits per heavy atom. The van der Waals surface area contributed by atoms with Crippen molar-refractivity contribution in [3.05, 3.63) is 56.5 Å². The number of aromatic hydroxyl groups is 1. The van der Waals surface area contributed by atoms with Crippen LogP contribution in [0, 0.1) is 0 Å². The fourth-order valence-corrected chi connectivity index (χ4v) is 4.93. The zero-order valence-electron chi connectivity index (χ0n) is 13.9. The van der Waals surface area contributed by atoms with Crippen LogP contribution in [0.5, 0.6) is 5.75 Å². The minimum absolute atomic E-state index is 0.0118. The lowest BCUT2D eigenvalue weighted by Gasteiger charge is -2.34. The van der Waals surface area contributed by atoms with Crippen molar-refractivity contribution in [2.45, 2.75) is 4.90 Å². The summed E-state index contributed by atoms with van der Waals surface area (Å²) in [7, 11) is -3.61. The Bertz CT molecular complexity index is 952. The van der Waals surface area contributed by atoms with Crippen LogP contribution in [-0.4, -0.2) is 54.8 Å². The lowest BCUT2D eigenvalue weighted by atomic mass is 10.1. The molecule has 1 amide bonds. The molecule has 6 nitrogen and oxygen atoms in total. The van der Waals surface area contributed by atoms with Crippen molar-refractivity contribution in [1.29, 1.82) is 0 Å². The summed E-state index contributed by atoms with van der Waals surface area (Å²) in [6.45, 7) is 0.850. The van der Waals surface area contributed by atoms with E-state index < -0.39 is 10.0 Å². The predicted octanol–water partition coefficient (Wildman–Crippen LogP) is 3.61. The zero-order chi connectivity index (χ0) is 19.8. The van der Waals surface area contributed by atoms with Gasteiger partial charge in [-0.3, -0.25) is 4.79 Å². The van der Waals surface area contributed by atoms with E-state index in [1.54, 1.807) is 12.1 Å². The zero-order valence-corrected chi connectivity index (χ0v) is 17.8. The topological polar surface area (TPSA) is 77.9 Å². The van der Waals surface area contributed by atoms with Gasteiger partial charge in [0.25, 0.3) is 5.91 Å². The number of rotatable bonds is 3.